The fraction of sp³-hybridized carbons (Fsp3) is 0.667. The highest BCUT2D eigenvalue weighted by Crippen LogP contribution is 2.29. The molecule has 0 radical (unpaired) electrons. The second kappa shape index (κ2) is 5.45. The lowest BCUT2D eigenvalue weighted by Crippen LogP contribution is -1.95. The second-order valence-electron chi connectivity index (χ2n) is 3.91. The van der Waals surface area contributed by atoms with Crippen LogP contribution in [0.1, 0.15) is 45.4 Å². The molecule has 0 aromatic carbocycles. The number of hydrogen-bond acceptors (Lipinski definition) is 2. The molecule has 1 aliphatic rings. The highest BCUT2D eigenvalue weighted by Gasteiger charge is 2.15. The Hall–Kier alpha value is -1.28. The van der Waals surface area contributed by atoms with Gasteiger partial charge in [-0.15, -0.1) is 0 Å². The molecular weight excluding hydrogens is 172 g/mol. The lowest BCUT2D eigenvalue weighted by Gasteiger charge is -2.08. The summed E-state index contributed by atoms with van der Waals surface area (Å²) in [5.41, 5.74) is 1.45. The molecule has 0 N–H and O–H groups in total. The van der Waals surface area contributed by atoms with Gasteiger partial charge < -0.3 is 0 Å². The topological polar surface area (TPSA) is 47.6 Å². The zero-order valence-corrected chi connectivity index (χ0v) is 8.71. The molecule has 1 unspecified atom stereocenters. The first kappa shape index (κ1) is 10.8. The van der Waals surface area contributed by atoms with Crippen LogP contribution in [0.25, 0.3) is 0 Å². The van der Waals surface area contributed by atoms with Crippen molar-refractivity contribution in [2.24, 2.45) is 5.92 Å². The molecule has 0 aromatic heterocycles. The highest BCUT2D eigenvalue weighted by molar-refractivity contribution is 5.40. The first-order valence-electron chi connectivity index (χ1n) is 5.34. The Morgan fingerprint density at radius 2 is 2.00 bits per heavy atom. The van der Waals surface area contributed by atoms with Crippen LogP contribution in [0.4, 0.5) is 0 Å². The van der Waals surface area contributed by atoms with E-state index in [2.05, 4.69) is 6.92 Å². The van der Waals surface area contributed by atoms with E-state index in [4.69, 9.17) is 10.5 Å². The van der Waals surface area contributed by atoms with Crippen molar-refractivity contribution in [2.75, 3.05) is 0 Å². The largest absolute Gasteiger partial charge is 0.192 e. The van der Waals surface area contributed by atoms with Crippen molar-refractivity contribution in [3.63, 3.8) is 0 Å². The van der Waals surface area contributed by atoms with Gasteiger partial charge in [0.15, 0.2) is 0 Å². The first-order chi connectivity index (χ1) is 6.81. The van der Waals surface area contributed by atoms with E-state index >= 15 is 0 Å². The summed E-state index contributed by atoms with van der Waals surface area (Å²) in [6.45, 7) is 2.22. The van der Waals surface area contributed by atoms with E-state index in [-0.39, 0.29) is 0 Å². The molecule has 2 nitrogen and oxygen atoms in total. The molecule has 0 spiro atoms. The minimum Gasteiger partial charge on any atom is -0.192 e. The molecule has 0 amide bonds. The second-order valence-corrected chi connectivity index (χ2v) is 3.91. The normalized spacial score (nSPS) is 21.9. The first-order valence-corrected chi connectivity index (χ1v) is 5.34. The van der Waals surface area contributed by atoms with Crippen LogP contribution < -0.4 is 0 Å². The number of nitriles is 2. The predicted molar refractivity (Wildman–Crippen MR) is 55.1 cm³/mol. The maximum Gasteiger partial charge on any atom is 0.128 e. The average molecular weight is 188 g/mol. The maximum absolute atomic E-state index is 8.76. The molecule has 14 heavy (non-hydrogen) atoms. The van der Waals surface area contributed by atoms with Gasteiger partial charge >= 0.3 is 0 Å². The Balaban J connectivity index is 2.72. The molecule has 0 aromatic rings. The van der Waals surface area contributed by atoms with Crippen molar-refractivity contribution in [1.29, 1.82) is 10.5 Å². The predicted octanol–water partition coefficient (Wildman–Crippen LogP) is 3.32. The highest BCUT2D eigenvalue weighted by atomic mass is 14.3. The van der Waals surface area contributed by atoms with E-state index in [1.165, 1.54) is 12.8 Å². The Morgan fingerprint density at radius 3 is 2.57 bits per heavy atom. The summed E-state index contributed by atoms with van der Waals surface area (Å²) in [6.07, 6.45) is 6.67. The van der Waals surface area contributed by atoms with E-state index in [9.17, 15) is 0 Å². The molecule has 0 saturated heterocycles. The van der Waals surface area contributed by atoms with E-state index < -0.39 is 0 Å². The summed E-state index contributed by atoms with van der Waals surface area (Å²) in [5.74, 6) is 0.797. The Morgan fingerprint density at radius 1 is 1.29 bits per heavy atom. The third-order valence-electron chi connectivity index (χ3n) is 3.10. The fourth-order valence-corrected chi connectivity index (χ4v) is 2.09. The van der Waals surface area contributed by atoms with Crippen LogP contribution in [0, 0.1) is 28.6 Å². The standard InChI is InChI=1S/C12H16N2/c1-2-10-4-3-5-11(7-6-10)12(8-13)9-14/h10H,2-7H2,1H3. The molecule has 0 heterocycles. The van der Waals surface area contributed by atoms with E-state index in [0.717, 1.165) is 37.2 Å². The minimum atomic E-state index is 0.363. The number of rotatable bonds is 1. The summed E-state index contributed by atoms with van der Waals surface area (Å²) in [6, 6.07) is 4.00. The van der Waals surface area contributed by atoms with Crippen molar-refractivity contribution < 1.29 is 0 Å². The minimum absolute atomic E-state index is 0.363. The Kier molecular flexibility index (Phi) is 4.20. The van der Waals surface area contributed by atoms with Gasteiger partial charge in [0.2, 0.25) is 0 Å². The monoisotopic (exact) mass is 188 g/mol. The van der Waals surface area contributed by atoms with Crippen LogP contribution in [0.3, 0.4) is 0 Å². The Labute approximate surface area is 85.8 Å². The molecule has 0 aliphatic heterocycles. The quantitative estimate of drug-likeness (QED) is 0.468. The molecule has 1 rings (SSSR count). The fourth-order valence-electron chi connectivity index (χ4n) is 2.09. The summed E-state index contributed by atoms with van der Waals surface area (Å²) in [7, 11) is 0. The third-order valence-corrected chi connectivity index (χ3v) is 3.10. The lowest BCUT2D eigenvalue weighted by atomic mass is 9.97. The van der Waals surface area contributed by atoms with Gasteiger partial charge in [-0.1, -0.05) is 19.8 Å². The van der Waals surface area contributed by atoms with Crippen LogP contribution in [-0.2, 0) is 0 Å². The van der Waals surface area contributed by atoms with Crippen LogP contribution in [0.15, 0.2) is 11.1 Å². The van der Waals surface area contributed by atoms with Crippen molar-refractivity contribution in [3.05, 3.63) is 11.1 Å². The van der Waals surface area contributed by atoms with E-state index in [1.54, 1.807) is 0 Å². The summed E-state index contributed by atoms with van der Waals surface area (Å²) in [5, 5.41) is 17.5. The lowest BCUT2D eigenvalue weighted by molar-refractivity contribution is 0.449. The van der Waals surface area contributed by atoms with Crippen molar-refractivity contribution in [1.82, 2.24) is 0 Å². The SMILES string of the molecule is CCC1CCCC(=C(C#N)C#N)CC1. The van der Waals surface area contributed by atoms with Crippen molar-refractivity contribution >= 4 is 0 Å². The molecule has 1 saturated carbocycles. The number of hydrogen-bond donors (Lipinski definition) is 0. The van der Waals surface area contributed by atoms with Crippen LogP contribution in [-0.4, -0.2) is 0 Å². The molecular formula is C12H16N2. The van der Waals surface area contributed by atoms with Crippen LogP contribution in [0.2, 0.25) is 0 Å². The molecule has 1 fully saturated rings. The van der Waals surface area contributed by atoms with E-state index in [1.807, 2.05) is 12.1 Å². The number of allylic oxidation sites excluding steroid dienone is 2. The maximum atomic E-state index is 8.76. The van der Waals surface area contributed by atoms with E-state index in [0.29, 0.717) is 5.57 Å². The average Bonchev–Trinajstić information content (AvgIpc) is 2.45. The van der Waals surface area contributed by atoms with Gasteiger partial charge in [-0.05, 0) is 37.2 Å². The molecule has 1 aliphatic carbocycles. The van der Waals surface area contributed by atoms with Gasteiger partial charge in [-0.3, -0.25) is 0 Å². The zero-order valence-electron chi connectivity index (χ0n) is 8.71. The van der Waals surface area contributed by atoms with Gasteiger partial charge in [-0.25, -0.2) is 0 Å². The van der Waals surface area contributed by atoms with Gasteiger partial charge in [0.1, 0.15) is 17.7 Å². The third kappa shape index (κ3) is 2.60. The van der Waals surface area contributed by atoms with Crippen LogP contribution in [0.5, 0.6) is 0 Å². The summed E-state index contributed by atoms with van der Waals surface area (Å²) in [4.78, 5) is 0. The van der Waals surface area contributed by atoms with Crippen LogP contribution >= 0.6 is 0 Å². The van der Waals surface area contributed by atoms with Gasteiger partial charge in [-0.2, -0.15) is 10.5 Å². The zero-order chi connectivity index (χ0) is 10.4. The number of nitrogens with zero attached hydrogens (tertiary/aromatic N) is 2. The van der Waals surface area contributed by atoms with Gasteiger partial charge in [0.25, 0.3) is 0 Å². The van der Waals surface area contributed by atoms with Crippen molar-refractivity contribution in [2.45, 2.75) is 45.4 Å². The summed E-state index contributed by atoms with van der Waals surface area (Å²) >= 11 is 0. The molecule has 1 atom stereocenters. The van der Waals surface area contributed by atoms with Crippen molar-refractivity contribution in [3.8, 4) is 12.1 Å². The van der Waals surface area contributed by atoms with Gasteiger partial charge in [0, 0.05) is 0 Å². The van der Waals surface area contributed by atoms with Gasteiger partial charge in [0.05, 0.1) is 0 Å². The smallest absolute Gasteiger partial charge is 0.128 e. The molecule has 74 valence electrons. The molecule has 0 bridgehead atoms. The summed E-state index contributed by atoms with van der Waals surface area (Å²) < 4.78 is 0. The molecule has 2 heteroatoms. The Bertz CT molecular complexity index is 285.